The summed E-state index contributed by atoms with van der Waals surface area (Å²) >= 11 is 0. The van der Waals surface area contributed by atoms with Crippen molar-refractivity contribution in [1.29, 1.82) is 0 Å². The molecule has 1 saturated heterocycles. The zero-order chi connectivity index (χ0) is 7.56. The van der Waals surface area contributed by atoms with Crippen molar-refractivity contribution < 1.29 is 0 Å². The quantitative estimate of drug-likeness (QED) is 0.583. The van der Waals surface area contributed by atoms with E-state index >= 15 is 0 Å². The Labute approximate surface area is 63.4 Å². The van der Waals surface area contributed by atoms with Gasteiger partial charge >= 0.3 is 0 Å². The van der Waals surface area contributed by atoms with Gasteiger partial charge in [0.05, 0.1) is 0 Å². The molecular weight excluding hydrogens is 124 g/mol. The molecule has 1 rings (SSSR count). The summed E-state index contributed by atoms with van der Waals surface area (Å²) in [6.45, 7) is 4.37. The predicted molar refractivity (Wildman–Crippen MR) is 43.9 cm³/mol. The number of hydrogen-bond acceptors (Lipinski definition) is 2. The van der Waals surface area contributed by atoms with Gasteiger partial charge in [0.2, 0.25) is 0 Å². The van der Waals surface area contributed by atoms with Gasteiger partial charge < -0.3 is 10.6 Å². The number of piperidine rings is 1. The molecule has 0 bridgehead atoms. The molecule has 2 atom stereocenters. The van der Waals surface area contributed by atoms with E-state index in [0.717, 1.165) is 12.5 Å². The van der Waals surface area contributed by atoms with Crippen LogP contribution in [0.5, 0.6) is 0 Å². The number of nitrogens with zero attached hydrogens (tertiary/aromatic N) is 1. The summed E-state index contributed by atoms with van der Waals surface area (Å²) < 4.78 is 0. The number of likely N-dealkylation sites (tertiary alicyclic amines) is 1. The summed E-state index contributed by atoms with van der Waals surface area (Å²) in [7, 11) is 2.19. The van der Waals surface area contributed by atoms with E-state index in [1.807, 2.05) is 0 Å². The SMILES string of the molecule is CC1C(CN)CCCN1C. The van der Waals surface area contributed by atoms with Crippen LogP contribution in [0.4, 0.5) is 0 Å². The van der Waals surface area contributed by atoms with Gasteiger partial charge in [0, 0.05) is 6.04 Å². The average Bonchev–Trinajstić information content (AvgIpc) is 1.95. The molecule has 2 heteroatoms. The topological polar surface area (TPSA) is 29.3 Å². The minimum absolute atomic E-state index is 0.693. The molecule has 1 fully saturated rings. The van der Waals surface area contributed by atoms with E-state index in [1.54, 1.807) is 0 Å². The molecule has 0 aromatic heterocycles. The van der Waals surface area contributed by atoms with Crippen LogP contribution < -0.4 is 5.73 Å². The van der Waals surface area contributed by atoms with Crippen LogP contribution in [-0.2, 0) is 0 Å². The monoisotopic (exact) mass is 142 g/mol. The van der Waals surface area contributed by atoms with Crippen LogP contribution in [0.2, 0.25) is 0 Å². The minimum atomic E-state index is 0.693. The maximum absolute atomic E-state index is 5.63. The minimum Gasteiger partial charge on any atom is -0.330 e. The van der Waals surface area contributed by atoms with E-state index in [9.17, 15) is 0 Å². The maximum Gasteiger partial charge on any atom is 0.0104 e. The van der Waals surface area contributed by atoms with Crippen LogP contribution in [0, 0.1) is 5.92 Å². The lowest BCUT2D eigenvalue weighted by Crippen LogP contribution is -2.43. The highest BCUT2D eigenvalue weighted by Gasteiger charge is 2.23. The average molecular weight is 142 g/mol. The predicted octanol–water partition coefficient (Wildman–Crippen LogP) is 0.675. The molecule has 0 radical (unpaired) electrons. The number of hydrogen-bond donors (Lipinski definition) is 1. The molecule has 0 aromatic rings. The molecule has 0 saturated carbocycles. The highest BCUT2D eigenvalue weighted by atomic mass is 15.1. The summed E-state index contributed by atoms with van der Waals surface area (Å²) in [5.41, 5.74) is 5.63. The fourth-order valence-electron chi connectivity index (χ4n) is 1.72. The second-order valence-corrected chi connectivity index (χ2v) is 3.36. The van der Waals surface area contributed by atoms with Gasteiger partial charge in [-0.25, -0.2) is 0 Å². The van der Waals surface area contributed by atoms with Gasteiger partial charge in [-0.05, 0) is 45.8 Å². The van der Waals surface area contributed by atoms with Crippen molar-refractivity contribution in [2.75, 3.05) is 20.1 Å². The molecule has 0 amide bonds. The summed E-state index contributed by atoms with van der Waals surface area (Å²) in [5.74, 6) is 0.735. The molecule has 60 valence electrons. The van der Waals surface area contributed by atoms with Crippen LogP contribution in [0.3, 0.4) is 0 Å². The summed E-state index contributed by atoms with van der Waals surface area (Å²) in [6, 6.07) is 0.693. The highest BCUT2D eigenvalue weighted by molar-refractivity contribution is 4.79. The van der Waals surface area contributed by atoms with Gasteiger partial charge in [-0.2, -0.15) is 0 Å². The van der Waals surface area contributed by atoms with Crippen molar-refractivity contribution in [3.63, 3.8) is 0 Å². The Bertz CT molecular complexity index is 103. The Morgan fingerprint density at radius 2 is 2.30 bits per heavy atom. The van der Waals surface area contributed by atoms with Crippen LogP contribution in [0.25, 0.3) is 0 Å². The van der Waals surface area contributed by atoms with Crippen LogP contribution in [0.15, 0.2) is 0 Å². The van der Waals surface area contributed by atoms with Gasteiger partial charge in [0.1, 0.15) is 0 Å². The van der Waals surface area contributed by atoms with Crippen molar-refractivity contribution >= 4 is 0 Å². The number of rotatable bonds is 1. The van der Waals surface area contributed by atoms with E-state index in [2.05, 4.69) is 18.9 Å². The molecule has 0 spiro atoms. The summed E-state index contributed by atoms with van der Waals surface area (Å²) in [6.07, 6.45) is 2.64. The third-order valence-electron chi connectivity index (χ3n) is 2.77. The zero-order valence-corrected chi connectivity index (χ0v) is 7.01. The van der Waals surface area contributed by atoms with Gasteiger partial charge in [0.25, 0.3) is 0 Å². The van der Waals surface area contributed by atoms with E-state index in [-0.39, 0.29) is 0 Å². The molecule has 0 aliphatic carbocycles. The van der Waals surface area contributed by atoms with Crippen LogP contribution in [0.1, 0.15) is 19.8 Å². The Morgan fingerprint density at radius 1 is 1.60 bits per heavy atom. The normalized spacial score (nSPS) is 36.3. The molecule has 2 nitrogen and oxygen atoms in total. The molecule has 2 unspecified atom stereocenters. The standard InChI is InChI=1S/C8H18N2/c1-7-8(6-9)4-3-5-10(7)2/h7-8H,3-6,9H2,1-2H3. The first-order chi connectivity index (χ1) is 4.75. The highest BCUT2D eigenvalue weighted by Crippen LogP contribution is 2.20. The summed E-state index contributed by atoms with van der Waals surface area (Å²) in [5, 5.41) is 0. The second-order valence-electron chi connectivity index (χ2n) is 3.36. The molecule has 1 aliphatic rings. The van der Waals surface area contributed by atoms with Crippen LogP contribution in [-0.4, -0.2) is 31.1 Å². The number of nitrogens with two attached hydrogens (primary N) is 1. The van der Waals surface area contributed by atoms with Gasteiger partial charge in [0.15, 0.2) is 0 Å². The molecule has 1 aliphatic heterocycles. The zero-order valence-electron chi connectivity index (χ0n) is 7.01. The van der Waals surface area contributed by atoms with Crippen LogP contribution >= 0.6 is 0 Å². The first-order valence-electron chi connectivity index (χ1n) is 4.16. The van der Waals surface area contributed by atoms with E-state index in [1.165, 1.54) is 19.4 Å². The van der Waals surface area contributed by atoms with E-state index in [4.69, 9.17) is 5.73 Å². The third-order valence-corrected chi connectivity index (χ3v) is 2.77. The Morgan fingerprint density at radius 3 is 2.80 bits per heavy atom. The lowest BCUT2D eigenvalue weighted by Gasteiger charge is -2.36. The molecule has 2 N–H and O–H groups in total. The first kappa shape index (κ1) is 8.02. The molecule has 1 heterocycles. The van der Waals surface area contributed by atoms with Gasteiger partial charge in [-0.3, -0.25) is 0 Å². The Kier molecular flexibility index (Phi) is 2.69. The van der Waals surface area contributed by atoms with E-state index < -0.39 is 0 Å². The summed E-state index contributed by atoms with van der Waals surface area (Å²) in [4.78, 5) is 2.40. The van der Waals surface area contributed by atoms with Crippen molar-refractivity contribution in [1.82, 2.24) is 4.90 Å². The van der Waals surface area contributed by atoms with Crippen molar-refractivity contribution in [3.05, 3.63) is 0 Å². The third kappa shape index (κ3) is 1.50. The second kappa shape index (κ2) is 3.35. The lowest BCUT2D eigenvalue weighted by atomic mass is 9.91. The van der Waals surface area contributed by atoms with Crippen molar-refractivity contribution in [3.8, 4) is 0 Å². The van der Waals surface area contributed by atoms with E-state index in [0.29, 0.717) is 6.04 Å². The lowest BCUT2D eigenvalue weighted by molar-refractivity contribution is 0.139. The Hall–Kier alpha value is -0.0800. The Balaban J connectivity index is 2.42. The maximum atomic E-state index is 5.63. The molecule has 10 heavy (non-hydrogen) atoms. The fraction of sp³-hybridized carbons (Fsp3) is 1.00. The van der Waals surface area contributed by atoms with Crippen molar-refractivity contribution in [2.45, 2.75) is 25.8 Å². The molecular formula is C8H18N2. The fourth-order valence-corrected chi connectivity index (χ4v) is 1.72. The first-order valence-corrected chi connectivity index (χ1v) is 4.16. The van der Waals surface area contributed by atoms with Gasteiger partial charge in [-0.1, -0.05) is 0 Å². The van der Waals surface area contributed by atoms with Crippen molar-refractivity contribution in [2.24, 2.45) is 11.7 Å². The van der Waals surface area contributed by atoms with Gasteiger partial charge in [-0.15, -0.1) is 0 Å². The smallest absolute Gasteiger partial charge is 0.0104 e. The molecule has 0 aromatic carbocycles. The largest absolute Gasteiger partial charge is 0.330 e.